The highest BCUT2D eigenvalue weighted by molar-refractivity contribution is 6.30. The number of benzene rings is 2. The zero-order valence-corrected chi connectivity index (χ0v) is 22.7. The molecule has 2 rings (SSSR count). The van der Waals surface area contributed by atoms with Crippen LogP contribution >= 0.6 is 11.6 Å². The summed E-state index contributed by atoms with van der Waals surface area (Å²) in [6.45, 7) is 11.6. The van der Waals surface area contributed by atoms with E-state index in [-0.39, 0.29) is 5.60 Å². The minimum Gasteiger partial charge on any atom is -0.497 e. The average Bonchev–Trinajstić information content (AvgIpc) is 2.76. The smallest absolute Gasteiger partial charge is 0.330 e. The Morgan fingerprint density at radius 3 is 2.17 bits per heavy atom. The number of anilines is 1. The van der Waals surface area contributed by atoms with Crippen LogP contribution in [0.2, 0.25) is 5.02 Å². The van der Waals surface area contributed by atoms with E-state index < -0.39 is 17.6 Å². The molecule has 36 heavy (non-hydrogen) atoms. The molecule has 1 unspecified atom stereocenters. The van der Waals surface area contributed by atoms with Crippen molar-refractivity contribution in [1.82, 2.24) is 0 Å². The molecule has 2 aromatic rings. The fourth-order valence-corrected chi connectivity index (χ4v) is 2.81. The summed E-state index contributed by atoms with van der Waals surface area (Å²) in [6.07, 6.45) is 1.54. The number of ether oxygens (including phenoxy) is 3. The Kier molecular flexibility index (Phi) is 11.5. The lowest BCUT2D eigenvalue weighted by Crippen LogP contribution is -2.21. The number of carbonyl (C=O) groups excluding carboxylic acids is 1. The fourth-order valence-electron chi connectivity index (χ4n) is 2.65. The SMILES string of the molecule is CC(C)(C)OC=O.COc1cc(/C=N/OC(C)(C)C)cc(NC(C(=O)O)c2ccc(Cl)cc2OC)c1. The number of halogens is 1. The average molecular weight is 523 g/mol. The highest BCUT2D eigenvalue weighted by Crippen LogP contribution is 2.32. The first kappa shape index (κ1) is 30.6. The van der Waals surface area contributed by atoms with Gasteiger partial charge in [0.2, 0.25) is 0 Å². The molecule has 2 aromatic carbocycles. The van der Waals surface area contributed by atoms with Crippen molar-refractivity contribution in [2.45, 2.75) is 58.8 Å². The van der Waals surface area contributed by atoms with Crippen LogP contribution in [-0.2, 0) is 19.2 Å². The van der Waals surface area contributed by atoms with Gasteiger partial charge in [0, 0.05) is 27.9 Å². The number of nitrogens with one attached hydrogen (secondary N) is 1. The Morgan fingerprint density at radius 2 is 1.69 bits per heavy atom. The molecule has 0 aliphatic heterocycles. The van der Waals surface area contributed by atoms with Crippen LogP contribution in [0.25, 0.3) is 0 Å². The van der Waals surface area contributed by atoms with E-state index in [1.54, 1.807) is 36.4 Å². The molecule has 0 aliphatic carbocycles. The van der Waals surface area contributed by atoms with Crippen molar-refractivity contribution < 1.29 is 33.7 Å². The van der Waals surface area contributed by atoms with Gasteiger partial charge in [-0.2, -0.15) is 0 Å². The summed E-state index contributed by atoms with van der Waals surface area (Å²) in [5.74, 6) is -0.153. The molecule has 0 amide bonds. The molecule has 0 aromatic heterocycles. The van der Waals surface area contributed by atoms with E-state index in [1.807, 2.05) is 41.5 Å². The van der Waals surface area contributed by atoms with Crippen molar-refractivity contribution in [1.29, 1.82) is 0 Å². The van der Waals surface area contributed by atoms with E-state index in [1.165, 1.54) is 20.4 Å². The fraction of sp³-hybridized carbons (Fsp3) is 0.423. The molecular formula is C26H35ClN2O7. The third-order valence-corrected chi connectivity index (χ3v) is 4.39. The zero-order valence-electron chi connectivity index (χ0n) is 21.9. The van der Waals surface area contributed by atoms with Crippen molar-refractivity contribution in [3.8, 4) is 11.5 Å². The van der Waals surface area contributed by atoms with E-state index >= 15 is 0 Å². The lowest BCUT2D eigenvalue weighted by molar-refractivity contribution is -0.139. The molecule has 0 heterocycles. The summed E-state index contributed by atoms with van der Waals surface area (Å²) >= 11 is 5.99. The van der Waals surface area contributed by atoms with Gasteiger partial charge in [0.15, 0.2) is 6.04 Å². The maximum atomic E-state index is 12.0. The molecule has 9 nitrogen and oxygen atoms in total. The standard InChI is InChI=1S/C21H25ClN2O5.C5H10O2/c1-21(2,3)29-23-12-13-8-15(11-16(9-13)27-4)24-19(20(25)26)17-7-6-14(22)10-18(17)28-5;1-5(2,3)7-4-6/h6-12,19,24H,1-5H3,(H,25,26);4H,1-3H3/b23-12+;. The number of rotatable bonds is 9. The number of carboxylic acids is 1. The van der Waals surface area contributed by atoms with Gasteiger partial charge in [-0.05, 0) is 65.8 Å². The summed E-state index contributed by atoms with van der Waals surface area (Å²) in [5.41, 5.74) is 0.922. The normalized spacial score (nSPS) is 12.1. The van der Waals surface area contributed by atoms with Crippen LogP contribution in [0.1, 0.15) is 58.7 Å². The van der Waals surface area contributed by atoms with Crippen molar-refractivity contribution >= 4 is 35.9 Å². The second kappa shape index (κ2) is 13.6. The van der Waals surface area contributed by atoms with Crippen LogP contribution in [-0.4, -0.2) is 49.2 Å². The Hall–Kier alpha value is -3.46. The number of carbonyl (C=O) groups is 2. The number of nitrogens with zero attached hydrogens (tertiary/aromatic N) is 1. The van der Waals surface area contributed by atoms with E-state index in [4.69, 9.17) is 25.9 Å². The molecule has 10 heteroatoms. The number of hydrogen-bond donors (Lipinski definition) is 2. The first-order valence-corrected chi connectivity index (χ1v) is 11.4. The minimum absolute atomic E-state index is 0.318. The predicted molar refractivity (Wildman–Crippen MR) is 140 cm³/mol. The van der Waals surface area contributed by atoms with Crippen LogP contribution in [0, 0.1) is 0 Å². The number of oxime groups is 1. The number of aliphatic carboxylic acids is 1. The first-order chi connectivity index (χ1) is 16.7. The van der Waals surface area contributed by atoms with Gasteiger partial charge in [-0.3, -0.25) is 4.79 Å². The van der Waals surface area contributed by atoms with Gasteiger partial charge in [-0.1, -0.05) is 22.8 Å². The van der Waals surface area contributed by atoms with Crippen molar-refractivity contribution in [3.63, 3.8) is 0 Å². The third-order valence-electron chi connectivity index (χ3n) is 4.16. The third kappa shape index (κ3) is 11.3. The topological polar surface area (TPSA) is 116 Å². The first-order valence-electron chi connectivity index (χ1n) is 11.0. The maximum Gasteiger partial charge on any atom is 0.330 e. The van der Waals surface area contributed by atoms with Gasteiger partial charge in [-0.25, -0.2) is 4.79 Å². The van der Waals surface area contributed by atoms with E-state index in [2.05, 4.69) is 15.2 Å². The van der Waals surface area contributed by atoms with Gasteiger partial charge in [0.05, 0.1) is 20.4 Å². The highest BCUT2D eigenvalue weighted by Gasteiger charge is 2.24. The molecule has 0 radical (unpaired) electrons. The van der Waals surface area contributed by atoms with Crippen molar-refractivity contribution in [2.75, 3.05) is 19.5 Å². The largest absolute Gasteiger partial charge is 0.497 e. The molecule has 0 bridgehead atoms. The maximum absolute atomic E-state index is 12.0. The summed E-state index contributed by atoms with van der Waals surface area (Å²) in [7, 11) is 2.99. The predicted octanol–water partition coefficient (Wildman–Crippen LogP) is 5.70. The second-order valence-electron chi connectivity index (χ2n) is 9.56. The van der Waals surface area contributed by atoms with Gasteiger partial charge in [0.1, 0.15) is 22.7 Å². The molecule has 0 saturated heterocycles. The Bertz CT molecular complexity index is 1040. The molecule has 1 atom stereocenters. The number of methoxy groups -OCH3 is 2. The highest BCUT2D eigenvalue weighted by atomic mass is 35.5. The van der Waals surface area contributed by atoms with Crippen molar-refractivity contribution in [2.24, 2.45) is 5.16 Å². The summed E-state index contributed by atoms with van der Waals surface area (Å²) < 4.78 is 15.2. The van der Waals surface area contributed by atoms with Gasteiger partial charge >= 0.3 is 5.97 Å². The van der Waals surface area contributed by atoms with E-state index in [0.717, 1.165) is 0 Å². The van der Waals surface area contributed by atoms with Crippen LogP contribution in [0.4, 0.5) is 5.69 Å². The molecular weight excluding hydrogens is 488 g/mol. The quantitative estimate of drug-likeness (QED) is 0.245. The van der Waals surface area contributed by atoms with Crippen LogP contribution in [0.15, 0.2) is 41.6 Å². The Balaban J connectivity index is 0.000000809. The second-order valence-corrected chi connectivity index (χ2v) is 10.00. The summed E-state index contributed by atoms with van der Waals surface area (Å²) in [5, 5.41) is 17.2. The van der Waals surface area contributed by atoms with Crippen LogP contribution in [0.5, 0.6) is 11.5 Å². The Labute approximate surface area is 217 Å². The number of carboxylic acid groups (broad SMARTS) is 1. The lowest BCUT2D eigenvalue weighted by Gasteiger charge is -2.20. The van der Waals surface area contributed by atoms with Gasteiger partial charge in [0.25, 0.3) is 6.47 Å². The molecule has 2 N–H and O–H groups in total. The zero-order chi connectivity index (χ0) is 27.5. The van der Waals surface area contributed by atoms with Gasteiger partial charge < -0.3 is 29.5 Å². The van der Waals surface area contributed by atoms with Crippen LogP contribution < -0.4 is 14.8 Å². The monoisotopic (exact) mass is 522 g/mol. The van der Waals surface area contributed by atoms with E-state index in [0.29, 0.717) is 39.8 Å². The molecule has 0 saturated carbocycles. The van der Waals surface area contributed by atoms with Crippen LogP contribution in [0.3, 0.4) is 0 Å². The van der Waals surface area contributed by atoms with E-state index in [9.17, 15) is 14.7 Å². The molecule has 0 aliphatic rings. The number of hydrogen-bond acceptors (Lipinski definition) is 8. The molecule has 198 valence electrons. The summed E-state index contributed by atoms with van der Waals surface area (Å²) in [6, 6.07) is 8.94. The molecule has 0 spiro atoms. The van der Waals surface area contributed by atoms with Gasteiger partial charge in [-0.15, -0.1) is 0 Å². The molecule has 0 fully saturated rings. The van der Waals surface area contributed by atoms with Crippen molar-refractivity contribution in [3.05, 3.63) is 52.5 Å². The minimum atomic E-state index is -1.07. The lowest BCUT2D eigenvalue weighted by atomic mass is 10.0. The summed E-state index contributed by atoms with van der Waals surface area (Å²) in [4.78, 5) is 26.9. The Morgan fingerprint density at radius 1 is 1.03 bits per heavy atom.